The van der Waals surface area contributed by atoms with Gasteiger partial charge < -0.3 is 9.05 Å². The smallest absolute Gasteiger partial charge is 0.395 e. The minimum Gasteiger partial charge on any atom is -0.395 e. The van der Waals surface area contributed by atoms with Gasteiger partial charge in [-0.15, -0.1) is 0 Å². The topological polar surface area (TPSA) is 72.8 Å². The molecule has 5 nitrogen and oxygen atoms in total. The van der Waals surface area contributed by atoms with E-state index in [0.29, 0.717) is 5.92 Å². The van der Waals surface area contributed by atoms with Crippen LogP contribution in [-0.4, -0.2) is 10.9 Å². The molecule has 6 heteroatoms. The van der Waals surface area contributed by atoms with Crippen molar-refractivity contribution in [2.24, 2.45) is 5.92 Å². The second kappa shape index (κ2) is 6.22. The molecule has 19 heavy (non-hydrogen) atoms. The standard InChI is InChI=1S/C13H19O5P/c1-9(2)11-5-7-12(8-6-11)17-19(15,16)18-13(14)10(3)4/h5-10H,1-4H3,(H,15,16). The first-order valence-corrected chi connectivity index (χ1v) is 7.56. The van der Waals surface area contributed by atoms with Crippen LogP contribution in [0.1, 0.15) is 39.2 Å². The summed E-state index contributed by atoms with van der Waals surface area (Å²) < 4.78 is 20.9. The fourth-order valence-corrected chi connectivity index (χ4v) is 2.15. The molecular weight excluding hydrogens is 267 g/mol. The van der Waals surface area contributed by atoms with E-state index in [1.165, 1.54) is 0 Å². The molecule has 1 aromatic carbocycles. The Labute approximate surface area is 113 Å². The van der Waals surface area contributed by atoms with E-state index in [1.807, 2.05) is 13.8 Å². The normalized spacial score (nSPS) is 14.3. The van der Waals surface area contributed by atoms with Gasteiger partial charge >= 0.3 is 13.8 Å². The maximum absolute atomic E-state index is 11.6. The number of hydrogen-bond acceptors (Lipinski definition) is 4. The minimum absolute atomic E-state index is 0.187. The lowest BCUT2D eigenvalue weighted by Crippen LogP contribution is -2.12. The lowest BCUT2D eigenvalue weighted by atomic mass is 10.0. The van der Waals surface area contributed by atoms with E-state index in [9.17, 15) is 14.3 Å². The van der Waals surface area contributed by atoms with Gasteiger partial charge in [-0.25, -0.2) is 4.57 Å². The number of phosphoric ester groups is 1. The second-order valence-corrected chi connectivity index (χ2v) is 6.15. The second-order valence-electron chi connectivity index (χ2n) is 4.85. The third-order valence-electron chi connectivity index (χ3n) is 2.44. The lowest BCUT2D eigenvalue weighted by molar-refractivity contribution is -0.138. The molecule has 0 bridgehead atoms. The third-order valence-corrected chi connectivity index (χ3v) is 3.30. The first-order valence-electron chi connectivity index (χ1n) is 6.07. The zero-order valence-corrected chi connectivity index (χ0v) is 12.4. The van der Waals surface area contributed by atoms with Crippen LogP contribution < -0.4 is 4.52 Å². The molecule has 1 N–H and O–H groups in total. The van der Waals surface area contributed by atoms with Crippen LogP contribution in [0.2, 0.25) is 0 Å². The molecule has 0 aliphatic rings. The number of carbonyl (C=O) groups excluding carboxylic acids is 1. The van der Waals surface area contributed by atoms with E-state index in [4.69, 9.17) is 4.52 Å². The quantitative estimate of drug-likeness (QED) is 0.839. The van der Waals surface area contributed by atoms with Crippen LogP contribution in [-0.2, 0) is 13.9 Å². The average molecular weight is 286 g/mol. The van der Waals surface area contributed by atoms with Gasteiger partial charge in [-0.2, -0.15) is 0 Å². The van der Waals surface area contributed by atoms with Crippen molar-refractivity contribution in [2.75, 3.05) is 0 Å². The van der Waals surface area contributed by atoms with Crippen LogP contribution >= 0.6 is 7.82 Å². The molecule has 0 radical (unpaired) electrons. The van der Waals surface area contributed by atoms with Gasteiger partial charge in [0.15, 0.2) is 0 Å². The summed E-state index contributed by atoms with van der Waals surface area (Å²) in [5.74, 6) is -0.724. The zero-order valence-electron chi connectivity index (χ0n) is 11.5. The SMILES string of the molecule is CC(C)C(=O)OP(=O)(O)Oc1ccc(C(C)C)cc1. The first-order chi connectivity index (χ1) is 8.71. The average Bonchev–Trinajstić information content (AvgIpc) is 2.28. The van der Waals surface area contributed by atoms with Crippen LogP contribution in [0.4, 0.5) is 0 Å². The van der Waals surface area contributed by atoms with Crippen molar-refractivity contribution < 1.29 is 23.3 Å². The van der Waals surface area contributed by atoms with Gasteiger partial charge in [-0.1, -0.05) is 39.8 Å². The van der Waals surface area contributed by atoms with E-state index in [0.717, 1.165) is 5.56 Å². The largest absolute Gasteiger partial charge is 0.587 e. The minimum atomic E-state index is -4.41. The van der Waals surface area contributed by atoms with Gasteiger partial charge in [-0.3, -0.25) is 9.69 Å². The number of phosphoric acid groups is 1. The molecule has 0 fully saturated rings. The number of rotatable bonds is 5. The molecule has 1 atom stereocenters. The number of benzene rings is 1. The highest BCUT2D eigenvalue weighted by molar-refractivity contribution is 7.48. The van der Waals surface area contributed by atoms with Gasteiger partial charge in [0.2, 0.25) is 0 Å². The number of hydrogen-bond donors (Lipinski definition) is 1. The molecule has 1 aromatic rings. The Hall–Kier alpha value is -1.32. The highest BCUT2D eigenvalue weighted by Crippen LogP contribution is 2.44. The monoisotopic (exact) mass is 286 g/mol. The van der Waals surface area contributed by atoms with Crippen molar-refractivity contribution in [1.82, 2.24) is 0 Å². The summed E-state index contributed by atoms with van der Waals surface area (Å²) in [6.07, 6.45) is 0. The maximum atomic E-state index is 11.6. The van der Waals surface area contributed by atoms with E-state index in [-0.39, 0.29) is 5.75 Å². The predicted octanol–water partition coefficient (Wildman–Crippen LogP) is 3.49. The van der Waals surface area contributed by atoms with Crippen LogP contribution in [0.25, 0.3) is 0 Å². The van der Waals surface area contributed by atoms with E-state index in [1.54, 1.807) is 38.1 Å². The van der Waals surface area contributed by atoms with E-state index < -0.39 is 19.7 Å². The van der Waals surface area contributed by atoms with Crippen molar-refractivity contribution in [1.29, 1.82) is 0 Å². The fraction of sp³-hybridized carbons (Fsp3) is 0.462. The predicted molar refractivity (Wildman–Crippen MR) is 71.9 cm³/mol. The van der Waals surface area contributed by atoms with Gasteiger partial charge in [-0.05, 0) is 23.6 Å². The molecule has 0 aliphatic carbocycles. The summed E-state index contributed by atoms with van der Waals surface area (Å²) in [7, 11) is -4.41. The van der Waals surface area contributed by atoms with E-state index >= 15 is 0 Å². The van der Waals surface area contributed by atoms with E-state index in [2.05, 4.69) is 4.52 Å². The summed E-state index contributed by atoms with van der Waals surface area (Å²) in [4.78, 5) is 20.7. The third kappa shape index (κ3) is 5.05. The molecule has 0 heterocycles. The van der Waals surface area contributed by atoms with Crippen molar-refractivity contribution in [3.05, 3.63) is 29.8 Å². The lowest BCUT2D eigenvalue weighted by Gasteiger charge is -2.14. The van der Waals surface area contributed by atoms with Crippen molar-refractivity contribution in [2.45, 2.75) is 33.6 Å². The van der Waals surface area contributed by atoms with Crippen molar-refractivity contribution in [3.63, 3.8) is 0 Å². The Morgan fingerprint density at radius 2 is 1.68 bits per heavy atom. The maximum Gasteiger partial charge on any atom is 0.587 e. The molecule has 1 rings (SSSR count). The van der Waals surface area contributed by atoms with Crippen molar-refractivity contribution in [3.8, 4) is 5.75 Å². The van der Waals surface area contributed by atoms with Gasteiger partial charge in [0.25, 0.3) is 0 Å². The van der Waals surface area contributed by atoms with Crippen LogP contribution in [0.5, 0.6) is 5.75 Å². The Balaban J connectivity index is 2.72. The summed E-state index contributed by atoms with van der Waals surface area (Å²) in [5, 5.41) is 0. The summed E-state index contributed by atoms with van der Waals surface area (Å²) >= 11 is 0. The summed E-state index contributed by atoms with van der Waals surface area (Å²) in [6.45, 7) is 7.22. The van der Waals surface area contributed by atoms with Gasteiger partial charge in [0.1, 0.15) is 5.75 Å². The molecule has 1 unspecified atom stereocenters. The van der Waals surface area contributed by atoms with Crippen molar-refractivity contribution >= 4 is 13.8 Å². The Morgan fingerprint density at radius 3 is 2.11 bits per heavy atom. The van der Waals surface area contributed by atoms with Gasteiger partial charge in [0.05, 0.1) is 5.92 Å². The van der Waals surface area contributed by atoms with Crippen LogP contribution in [0, 0.1) is 5.92 Å². The molecule has 0 saturated heterocycles. The first kappa shape index (κ1) is 15.7. The molecule has 0 aliphatic heterocycles. The van der Waals surface area contributed by atoms with Gasteiger partial charge in [0, 0.05) is 0 Å². The highest BCUT2D eigenvalue weighted by Gasteiger charge is 2.29. The highest BCUT2D eigenvalue weighted by atomic mass is 31.2. The molecule has 0 aromatic heterocycles. The Kier molecular flexibility index (Phi) is 5.15. The molecular formula is C13H19O5P. The molecule has 0 saturated carbocycles. The Morgan fingerprint density at radius 1 is 1.16 bits per heavy atom. The molecule has 0 amide bonds. The number of carbonyl (C=O) groups is 1. The molecule has 0 spiro atoms. The molecule has 106 valence electrons. The Bertz CT molecular complexity index is 478. The zero-order chi connectivity index (χ0) is 14.6. The summed E-state index contributed by atoms with van der Waals surface area (Å²) in [6, 6.07) is 6.73. The summed E-state index contributed by atoms with van der Waals surface area (Å²) in [5.41, 5.74) is 1.08. The van der Waals surface area contributed by atoms with Crippen LogP contribution in [0.15, 0.2) is 24.3 Å². The van der Waals surface area contributed by atoms with Crippen LogP contribution in [0.3, 0.4) is 0 Å². The fourth-order valence-electron chi connectivity index (χ4n) is 1.28.